The average molecular weight is 1000 g/mol. The van der Waals surface area contributed by atoms with Gasteiger partial charge in [-0.15, -0.1) is 13.2 Å². The van der Waals surface area contributed by atoms with Crippen LogP contribution >= 0.6 is 0 Å². The number of nitrogens with zero attached hydrogens (tertiary/aromatic N) is 4. The Kier molecular flexibility index (Phi) is 15.7. The van der Waals surface area contributed by atoms with Crippen molar-refractivity contribution in [2.75, 3.05) is 10.6 Å². The van der Waals surface area contributed by atoms with Crippen molar-refractivity contribution in [1.82, 2.24) is 19.1 Å². The predicted molar refractivity (Wildman–Crippen MR) is 278 cm³/mol. The Balaban J connectivity index is 0.000000211. The molecule has 0 unspecified atom stereocenters. The number of ether oxygens (including phenoxy) is 2. The predicted octanol–water partition coefficient (Wildman–Crippen LogP) is 15.6. The van der Waals surface area contributed by atoms with Crippen molar-refractivity contribution < 1.29 is 41.6 Å². The van der Waals surface area contributed by atoms with Gasteiger partial charge in [-0.1, -0.05) is 53.7 Å². The molecule has 0 saturated heterocycles. The van der Waals surface area contributed by atoms with E-state index in [-0.39, 0.29) is 28.4 Å². The monoisotopic (exact) mass is 1000 g/mol. The quantitative estimate of drug-likeness (QED) is 0.0752. The molecule has 8 rings (SSSR count). The van der Waals surface area contributed by atoms with Crippen molar-refractivity contribution in [3.8, 4) is 11.5 Å². The Bertz CT molecular complexity index is 2570. The first kappa shape index (κ1) is 54.4. The van der Waals surface area contributed by atoms with E-state index in [4.69, 9.17) is 9.97 Å². The van der Waals surface area contributed by atoms with Crippen LogP contribution in [0.15, 0.2) is 84.9 Å². The van der Waals surface area contributed by atoms with Crippen LogP contribution in [0, 0.1) is 22.7 Å². The fraction of sp³-hybridized carbons (Fsp3) is 0.544. The van der Waals surface area contributed by atoms with Crippen molar-refractivity contribution >= 4 is 45.3 Å². The number of aliphatic hydroxyl groups is 2. The number of nitrogens with one attached hydrogen (secondary N) is 2. The number of imidazole rings is 2. The summed E-state index contributed by atoms with van der Waals surface area (Å²) < 4.78 is 77.3. The number of rotatable bonds is 15. The molecular formula is C57H75F5N6O4. The summed E-state index contributed by atoms with van der Waals surface area (Å²) >= 11 is 0. The van der Waals surface area contributed by atoms with E-state index in [1.165, 1.54) is 37.1 Å². The number of alkyl halides is 5. The summed E-state index contributed by atoms with van der Waals surface area (Å²) in [6.07, 6.45) is 1.40. The molecule has 2 heterocycles. The average Bonchev–Trinajstić information content (AvgIpc) is 3.77. The third-order valence-electron chi connectivity index (χ3n) is 13.8. The van der Waals surface area contributed by atoms with Crippen molar-refractivity contribution in [2.24, 2.45) is 22.7 Å². The third kappa shape index (κ3) is 15.3. The molecule has 0 spiro atoms. The van der Waals surface area contributed by atoms with Gasteiger partial charge >= 0.3 is 12.5 Å². The summed E-state index contributed by atoms with van der Waals surface area (Å²) in [7, 11) is 0. The largest absolute Gasteiger partial charge is 0.573 e. The molecule has 15 heteroatoms. The molecule has 0 radical (unpaired) electrons. The molecule has 0 bridgehead atoms. The maximum Gasteiger partial charge on any atom is 0.573 e. The molecular weight excluding hydrogens is 928 g/mol. The molecule has 0 aliphatic heterocycles. The van der Waals surface area contributed by atoms with Crippen LogP contribution in [0.1, 0.15) is 151 Å². The summed E-state index contributed by atoms with van der Waals surface area (Å²) in [4.78, 5) is 9.90. The van der Waals surface area contributed by atoms with Crippen LogP contribution in [0.5, 0.6) is 11.5 Å². The van der Waals surface area contributed by atoms with Gasteiger partial charge in [0, 0.05) is 30.4 Å². The second-order valence-corrected chi connectivity index (χ2v) is 23.8. The standard InChI is InChI=1S/C29H39F2N3O2.C28H36F3N3O2/c1-19-15-22(18-27(2,3)17-19)34-25-12-7-20(13-14-28(4,5)35)16-24(25)33-26(34)32-21-8-10-23(11-9-21)36-29(6,30)31;1-18-14-21(17-26(2,3)16-18)34-24-11-6-19(12-13-27(4,5)35)15-23(24)33-25(34)32-20-7-9-22(10-8-20)36-28(29,30)31/h7-12,16,19,22,35H,13-15,17-18H2,1-6H3,(H,32,33);6-11,15,18,21,35H,12-14,16-17H2,1-5H3,(H,32,33)/t19-,22+;18-,21+/m10/s1. The summed E-state index contributed by atoms with van der Waals surface area (Å²) in [5, 5.41) is 27.1. The SMILES string of the molecule is C[C@@H]1C[C@H](n2c(Nc3ccc(OC(C)(F)F)cc3)nc3cc(CCC(C)(C)O)ccc32)CC(C)(C)C1.C[C@H]1C[C@@H](n2c(Nc3ccc(OC(F)(F)F)cc3)nc3cc(CCC(C)(C)O)ccc32)CC(C)(C)C1. The minimum Gasteiger partial charge on any atom is -0.433 e. The highest BCUT2D eigenvalue weighted by Crippen LogP contribution is 2.48. The number of hydrogen-bond acceptors (Lipinski definition) is 8. The third-order valence-corrected chi connectivity index (χ3v) is 13.8. The van der Waals surface area contributed by atoms with Gasteiger partial charge in [0.1, 0.15) is 11.5 Å². The van der Waals surface area contributed by atoms with Gasteiger partial charge in [-0.3, -0.25) is 0 Å². The minimum atomic E-state index is -4.73. The van der Waals surface area contributed by atoms with E-state index in [1.54, 1.807) is 38.1 Å². The normalized spacial score (nSPS) is 20.5. The van der Waals surface area contributed by atoms with Crippen LogP contribution in [-0.4, -0.2) is 53.0 Å². The Hall–Kier alpha value is -5.41. The van der Waals surface area contributed by atoms with Gasteiger partial charge in [0.05, 0.1) is 33.3 Å². The molecule has 6 aromatic rings. The van der Waals surface area contributed by atoms with Crippen LogP contribution in [0.3, 0.4) is 0 Å². The molecule has 2 fully saturated rings. The lowest BCUT2D eigenvalue weighted by Crippen LogP contribution is -2.29. The lowest BCUT2D eigenvalue weighted by atomic mass is 9.70. The first-order valence-electron chi connectivity index (χ1n) is 25.4. The van der Waals surface area contributed by atoms with Crippen molar-refractivity contribution in [1.29, 1.82) is 0 Å². The molecule has 4 aromatic carbocycles. The molecule has 2 aliphatic carbocycles. The first-order chi connectivity index (χ1) is 33.3. The summed E-state index contributed by atoms with van der Waals surface area (Å²) in [5.41, 5.74) is 6.46. The molecule has 10 nitrogen and oxygen atoms in total. The van der Waals surface area contributed by atoms with Gasteiger partial charge in [0.25, 0.3) is 0 Å². The fourth-order valence-electron chi connectivity index (χ4n) is 11.2. The van der Waals surface area contributed by atoms with Crippen molar-refractivity contribution in [3.05, 3.63) is 96.1 Å². The zero-order chi connectivity index (χ0) is 52.6. The highest BCUT2D eigenvalue weighted by atomic mass is 19.4. The zero-order valence-electron chi connectivity index (χ0n) is 43.9. The zero-order valence-corrected chi connectivity index (χ0v) is 43.9. The molecule has 2 saturated carbocycles. The maximum absolute atomic E-state index is 13.2. The molecule has 2 aliphatic rings. The topological polar surface area (TPSA) is 119 Å². The lowest BCUT2D eigenvalue weighted by molar-refractivity contribution is -0.274. The smallest absolute Gasteiger partial charge is 0.433 e. The van der Waals surface area contributed by atoms with E-state index in [1.807, 2.05) is 13.8 Å². The Morgan fingerprint density at radius 3 is 1.28 bits per heavy atom. The summed E-state index contributed by atoms with van der Waals surface area (Å²) in [5.74, 6) is 2.43. The number of aromatic nitrogens is 4. The highest BCUT2D eigenvalue weighted by Gasteiger charge is 2.37. The van der Waals surface area contributed by atoms with Crippen molar-refractivity contribution in [3.63, 3.8) is 0 Å². The van der Waals surface area contributed by atoms with E-state index >= 15 is 0 Å². The lowest BCUT2D eigenvalue weighted by Gasteiger charge is -2.40. The van der Waals surface area contributed by atoms with E-state index in [9.17, 15) is 32.2 Å². The molecule has 4 N–H and O–H groups in total. The van der Waals surface area contributed by atoms with Crippen molar-refractivity contribution in [2.45, 2.75) is 176 Å². The Labute approximate surface area is 421 Å². The summed E-state index contributed by atoms with van der Waals surface area (Å²) in [6, 6.07) is 25.4. The van der Waals surface area contributed by atoms with Crippen LogP contribution in [0.4, 0.5) is 45.2 Å². The maximum atomic E-state index is 13.2. The highest BCUT2D eigenvalue weighted by molar-refractivity contribution is 5.82. The molecule has 4 atom stereocenters. The molecule has 72 heavy (non-hydrogen) atoms. The van der Waals surface area contributed by atoms with Gasteiger partial charge in [-0.2, -0.15) is 8.78 Å². The van der Waals surface area contributed by atoms with E-state index in [0.29, 0.717) is 42.4 Å². The van der Waals surface area contributed by atoms with Crippen LogP contribution < -0.4 is 20.1 Å². The molecule has 2 aromatic heterocycles. The van der Waals surface area contributed by atoms with Gasteiger partial charge in [-0.05, 0) is 198 Å². The number of hydrogen-bond donors (Lipinski definition) is 4. The van der Waals surface area contributed by atoms with Gasteiger partial charge in [-0.25, -0.2) is 9.97 Å². The fourth-order valence-corrected chi connectivity index (χ4v) is 11.2. The van der Waals surface area contributed by atoms with Gasteiger partial charge in [0.2, 0.25) is 11.9 Å². The number of anilines is 4. The summed E-state index contributed by atoms with van der Waals surface area (Å²) in [6.45, 7) is 21.9. The van der Waals surface area contributed by atoms with E-state index in [0.717, 1.165) is 90.3 Å². The second kappa shape index (κ2) is 20.8. The van der Waals surface area contributed by atoms with Gasteiger partial charge in [0.15, 0.2) is 0 Å². The Morgan fingerprint density at radius 1 is 0.569 bits per heavy atom. The number of fused-ring (bicyclic) bond motifs is 2. The minimum absolute atomic E-state index is 0.112. The van der Waals surface area contributed by atoms with Gasteiger partial charge < -0.3 is 39.5 Å². The van der Waals surface area contributed by atoms with Crippen LogP contribution in [-0.2, 0) is 12.8 Å². The number of benzene rings is 4. The number of halogens is 5. The molecule has 392 valence electrons. The number of aryl methyl sites for hydroxylation is 2. The Morgan fingerprint density at radius 2 is 0.944 bits per heavy atom. The van der Waals surface area contributed by atoms with Crippen LogP contribution in [0.2, 0.25) is 0 Å². The van der Waals surface area contributed by atoms with E-state index in [2.05, 4.69) is 107 Å². The first-order valence-corrected chi connectivity index (χ1v) is 25.4. The van der Waals surface area contributed by atoms with E-state index < -0.39 is 23.7 Å². The second-order valence-electron chi connectivity index (χ2n) is 23.8. The molecule has 0 amide bonds. The van der Waals surface area contributed by atoms with Crippen LogP contribution in [0.25, 0.3) is 22.1 Å².